The molecule has 134 valence electrons. The molecule has 3 rings (SSSR count). The molecule has 0 aliphatic heterocycles. The number of aryl methyl sites for hydroxylation is 1. The Morgan fingerprint density at radius 3 is 2.65 bits per heavy atom. The van der Waals surface area contributed by atoms with E-state index < -0.39 is 11.6 Å². The van der Waals surface area contributed by atoms with Crippen molar-refractivity contribution < 1.29 is 13.6 Å². The predicted molar refractivity (Wildman–Crippen MR) is 99.6 cm³/mol. The number of carbonyl (C=O) groups excluding carboxylic acids is 1. The maximum atomic E-state index is 13.6. The third-order valence-corrected chi connectivity index (χ3v) is 5.63. The zero-order valence-electron chi connectivity index (χ0n) is 13.8. The summed E-state index contributed by atoms with van der Waals surface area (Å²) in [7, 11) is 0. The van der Waals surface area contributed by atoms with Crippen LogP contribution in [-0.2, 0) is 12.2 Å². The monoisotopic (exact) mass is 391 g/mol. The molecule has 0 saturated carbocycles. The van der Waals surface area contributed by atoms with Gasteiger partial charge in [-0.15, -0.1) is 10.2 Å². The molecule has 1 heterocycles. The zero-order chi connectivity index (χ0) is 18.5. The fraction of sp³-hybridized carbons (Fsp3) is 0.167. The summed E-state index contributed by atoms with van der Waals surface area (Å²) in [6, 6.07) is 10.7. The standard InChI is InChI=1S/C18H15F2N3OS2/c1-2-11-3-5-12(6-4-11)16(24)21-17-22-23-18(26-17)25-10-13-9-14(19)7-8-15(13)20/h3-9H,2,10H2,1H3,(H,21,22,24). The van der Waals surface area contributed by atoms with Gasteiger partial charge in [-0.1, -0.05) is 42.2 Å². The van der Waals surface area contributed by atoms with Crippen molar-refractivity contribution in [3.05, 3.63) is 70.8 Å². The second-order valence-corrected chi connectivity index (χ2v) is 7.60. The molecule has 0 aliphatic rings. The van der Waals surface area contributed by atoms with E-state index in [1.54, 1.807) is 12.1 Å². The molecule has 0 unspecified atom stereocenters. The quantitative estimate of drug-likeness (QED) is 0.478. The topological polar surface area (TPSA) is 54.9 Å². The van der Waals surface area contributed by atoms with E-state index in [1.807, 2.05) is 19.1 Å². The minimum Gasteiger partial charge on any atom is -0.296 e. The van der Waals surface area contributed by atoms with Crippen LogP contribution in [0.5, 0.6) is 0 Å². The molecule has 0 fully saturated rings. The lowest BCUT2D eigenvalue weighted by Crippen LogP contribution is -2.11. The summed E-state index contributed by atoms with van der Waals surface area (Å²) in [5, 5.41) is 10.9. The molecule has 2 aromatic carbocycles. The number of hydrogen-bond donors (Lipinski definition) is 1. The normalized spacial score (nSPS) is 10.7. The summed E-state index contributed by atoms with van der Waals surface area (Å²) < 4.78 is 27.4. The van der Waals surface area contributed by atoms with Gasteiger partial charge in [0.05, 0.1) is 0 Å². The number of nitrogens with zero attached hydrogens (tertiary/aromatic N) is 2. The average molecular weight is 391 g/mol. The van der Waals surface area contributed by atoms with Gasteiger partial charge in [0.15, 0.2) is 4.34 Å². The molecule has 0 aliphatic carbocycles. The number of halogens is 2. The fourth-order valence-corrected chi connectivity index (χ4v) is 3.89. The van der Waals surface area contributed by atoms with Gasteiger partial charge < -0.3 is 0 Å². The van der Waals surface area contributed by atoms with Gasteiger partial charge in [-0.05, 0) is 42.3 Å². The molecule has 1 aromatic heterocycles. The van der Waals surface area contributed by atoms with Gasteiger partial charge in [-0.2, -0.15) is 0 Å². The first-order valence-electron chi connectivity index (χ1n) is 7.85. The number of aromatic nitrogens is 2. The summed E-state index contributed by atoms with van der Waals surface area (Å²) in [5.41, 5.74) is 1.95. The molecule has 8 heteroatoms. The third kappa shape index (κ3) is 4.64. The number of thioether (sulfide) groups is 1. The number of rotatable bonds is 6. The van der Waals surface area contributed by atoms with E-state index >= 15 is 0 Å². The Bertz CT molecular complexity index is 913. The van der Waals surface area contributed by atoms with Crippen LogP contribution in [0, 0.1) is 11.6 Å². The highest BCUT2D eigenvalue weighted by Gasteiger charge is 2.12. The van der Waals surface area contributed by atoms with Crippen molar-refractivity contribution in [2.45, 2.75) is 23.4 Å². The van der Waals surface area contributed by atoms with Crippen molar-refractivity contribution in [3.8, 4) is 0 Å². The summed E-state index contributed by atoms with van der Waals surface area (Å²) in [5.74, 6) is -0.990. The molecular weight excluding hydrogens is 376 g/mol. The molecule has 4 nitrogen and oxygen atoms in total. The van der Waals surface area contributed by atoms with E-state index in [2.05, 4.69) is 15.5 Å². The summed E-state index contributed by atoms with van der Waals surface area (Å²) in [6.07, 6.45) is 0.908. The van der Waals surface area contributed by atoms with Gasteiger partial charge >= 0.3 is 0 Å². The molecule has 1 amide bonds. The van der Waals surface area contributed by atoms with Gasteiger partial charge in [0.2, 0.25) is 5.13 Å². The van der Waals surface area contributed by atoms with Crippen LogP contribution in [0.3, 0.4) is 0 Å². The van der Waals surface area contributed by atoms with Crippen LogP contribution >= 0.6 is 23.1 Å². The zero-order valence-corrected chi connectivity index (χ0v) is 15.5. The molecule has 0 saturated heterocycles. The highest BCUT2D eigenvalue weighted by molar-refractivity contribution is 8.00. The Labute approximate surface area is 157 Å². The van der Waals surface area contributed by atoms with E-state index in [9.17, 15) is 13.6 Å². The Morgan fingerprint density at radius 1 is 1.15 bits per heavy atom. The van der Waals surface area contributed by atoms with Crippen LogP contribution in [0.2, 0.25) is 0 Å². The number of benzene rings is 2. The minimum absolute atomic E-state index is 0.227. The van der Waals surface area contributed by atoms with Crippen molar-refractivity contribution in [3.63, 3.8) is 0 Å². The van der Waals surface area contributed by atoms with Crippen molar-refractivity contribution in [2.24, 2.45) is 0 Å². The summed E-state index contributed by atoms with van der Waals surface area (Å²) >= 11 is 2.42. The molecule has 0 bridgehead atoms. The Kier molecular flexibility index (Phi) is 5.95. The Morgan fingerprint density at radius 2 is 1.92 bits per heavy atom. The Hall–Kier alpha value is -2.32. The fourth-order valence-electron chi connectivity index (χ4n) is 2.17. The van der Waals surface area contributed by atoms with E-state index in [0.717, 1.165) is 30.2 Å². The summed E-state index contributed by atoms with van der Waals surface area (Å²) in [6.45, 7) is 2.05. The molecular formula is C18H15F2N3OS2. The molecule has 3 aromatic rings. The van der Waals surface area contributed by atoms with Gasteiger partial charge in [0.1, 0.15) is 11.6 Å². The SMILES string of the molecule is CCc1ccc(C(=O)Nc2nnc(SCc3cc(F)ccc3F)s2)cc1. The summed E-state index contributed by atoms with van der Waals surface area (Å²) in [4.78, 5) is 12.2. The lowest BCUT2D eigenvalue weighted by atomic mass is 10.1. The van der Waals surface area contributed by atoms with E-state index in [0.29, 0.717) is 15.0 Å². The average Bonchev–Trinajstić information content (AvgIpc) is 3.10. The molecule has 0 radical (unpaired) electrons. The first-order chi connectivity index (χ1) is 12.5. The predicted octanol–water partition coefficient (Wildman–Crippen LogP) is 4.92. The first kappa shape index (κ1) is 18.5. The minimum atomic E-state index is -0.485. The number of anilines is 1. The number of hydrogen-bond acceptors (Lipinski definition) is 5. The van der Waals surface area contributed by atoms with Gasteiger partial charge in [-0.25, -0.2) is 8.78 Å². The van der Waals surface area contributed by atoms with Crippen LogP contribution in [0.1, 0.15) is 28.4 Å². The number of nitrogens with one attached hydrogen (secondary N) is 1. The largest absolute Gasteiger partial charge is 0.296 e. The molecule has 26 heavy (non-hydrogen) atoms. The number of amides is 1. The van der Waals surface area contributed by atoms with Crippen molar-refractivity contribution in [1.29, 1.82) is 0 Å². The highest BCUT2D eigenvalue weighted by atomic mass is 32.2. The lowest BCUT2D eigenvalue weighted by molar-refractivity contribution is 0.102. The van der Waals surface area contributed by atoms with E-state index in [4.69, 9.17) is 0 Å². The van der Waals surface area contributed by atoms with Crippen LogP contribution in [0.15, 0.2) is 46.8 Å². The smallest absolute Gasteiger partial charge is 0.257 e. The van der Waals surface area contributed by atoms with Crippen molar-refractivity contribution >= 4 is 34.1 Å². The van der Waals surface area contributed by atoms with E-state index in [-0.39, 0.29) is 17.2 Å². The lowest BCUT2D eigenvalue weighted by Gasteiger charge is -2.02. The van der Waals surface area contributed by atoms with E-state index in [1.165, 1.54) is 23.1 Å². The van der Waals surface area contributed by atoms with Gasteiger partial charge in [0.25, 0.3) is 5.91 Å². The van der Waals surface area contributed by atoms with Gasteiger partial charge in [0, 0.05) is 16.9 Å². The first-order valence-corrected chi connectivity index (χ1v) is 9.66. The Balaban J connectivity index is 1.60. The molecule has 0 spiro atoms. The molecule has 0 atom stereocenters. The van der Waals surface area contributed by atoms with Crippen molar-refractivity contribution in [1.82, 2.24) is 10.2 Å². The van der Waals surface area contributed by atoms with Crippen LogP contribution in [0.25, 0.3) is 0 Å². The maximum absolute atomic E-state index is 13.6. The highest BCUT2D eigenvalue weighted by Crippen LogP contribution is 2.29. The van der Waals surface area contributed by atoms with Crippen LogP contribution in [0.4, 0.5) is 13.9 Å². The second kappa shape index (κ2) is 8.37. The number of carbonyl (C=O) groups is 1. The van der Waals surface area contributed by atoms with Crippen LogP contribution in [-0.4, -0.2) is 16.1 Å². The van der Waals surface area contributed by atoms with Crippen molar-refractivity contribution in [2.75, 3.05) is 5.32 Å². The van der Waals surface area contributed by atoms with Crippen LogP contribution < -0.4 is 5.32 Å². The third-order valence-electron chi connectivity index (χ3n) is 3.61. The second-order valence-electron chi connectivity index (χ2n) is 5.40. The maximum Gasteiger partial charge on any atom is 0.257 e. The van der Waals surface area contributed by atoms with Gasteiger partial charge in [-0.3, -0.25) is 10.1 Å². The molecule has 1 N–H and O–H groups in total.